The lowest BCUT2D eigenvalue weighted by Crippen LogP contribution is -1.84. The molecule has 0 aliphatic carbocycles. The molecule has 0 bridgehead atoms. The van der Waals surface area contributed by atoms with Crippen molar-refractivity contribution in [2.45, 2.75) is 11.3 Å². The second-order valence-electron chi connectivity index (χ2n) is 2.29. The molecule has 1 aromatic carbocycles. The van der Waals surface area contributed by atoms with Crippen LogP contribution < -0.4 is 0 Å². The first-order chi connectivity index (χ1) is 5.36. The van der Waals surface area contributed by atoms with Crippen molar-refractivity contribution < 1.29 is 0 Å². The Bertz CT molecular complexity index is 205. The number of halogens is 1. The van der Waals surface area contributed by atoms with Gasteiger partial charge in [-0.3, -0.25) is 0 Å². The summed E-state index contributed by atoms with van der Waals surface area (Å²) in [5, 5.41) is 0. The van der Waals surface area contributed by atoms with Crippen LogP contribution >= 0.6 is 23.4 Å². The molecule has 0 amide bonds. The van der Waals surface area contributed by atoms with E-state index in [1.165, 1.54) is 10.5 Å². The third-order valence-corrected chi connectivity index (χ3v) is 2.47. The lowest BCUT2D eigenvalue weighted by molar-refractivity contribution is 1.14. The molecule has 0 saturated carbocycles. The van der Waals surface area contributed by atoms with Crippen molar-refractivity contribution in [2.24, 2.45) is 0 Å². The molecule has 0 spiro atoms. The van der Waals surface area contributed by atoms with Gasteiger partial charge in [-0.25, -0.2) is 0 Å². The molecule has 0 nitrogen and oxygen atoms in total. The average molecular weight is 187 g/mol. The zero-order valence-electron chi connectivity index (χ0n) is 6.51. The number of aryl methyl sites for hydroxylation is 1. The van der Waals surface area contributed by atoms with Gasteiger partial charge < -0.3 is 0 Å². The summed E-state index contributed by atoms with van der Waals surface area (Å²) in [7, 11) is 0. The first kappa shape index (κ1) is 8.95. The third-order valence-electron chi connectivity index (χ3n) is 1.54. The Morgan fingerprint density at radius 3 is 2.36 bits per heavy atom. The Hall–Kier alpha value is -0.140. The van der Waals surface area contributed by atoms with Gasteiger partial charge in [-0.2, -0.15) is 0 Å². The monoisotopic (exact) mass is 186 g/mol. The highest BCUT2D eigenvalue weighted by molar-refractivity contribution is 7.98. The minimum Gasteiger partial charge on any atom is -0.130 e. The van der Waals surface area contributed by atoms with E-state index in [4.69, 9.17) is 11.6 Å². The molecule has 0 saturated heterocycles. The van der Waals surface area contributed by atoms with E-state index in [0.29, 0.717) is 5.88 Å². The van der Waals surface area contributed by atoms with Crippen LogP contribution in [0.25, 0.3) is 0 Å². The molecule has 0 aliphatic rings. The van der Waals surface area contributed by atoms with E-state index in [-0.39, 0.29) is 0 Å². The van der Waals surface area contributed by atoms with Gasteiger partial charge in [0.05, 0.1) is 0 Å². The molecule has 0 atom stereocenters. The van der Waals surface area contributed by atoms with Crippen molar-refractivity contribution in [3.63, 3.8) is 0 Å². The quantitative estimate of drug-likeness (QED) is 0.516. The van der Waals surface area contributed by atoms with Gasteiger partial charge in [0.2, 0.25) is 0 Å². The first-order valence-corrected chi connectivity index (χ1v) is 5.31. The highest BCUT2D eigenvalue weighted by atomic mass is 35.5. The first-order valence-electron chi connectivity index (χ1n) is 3.55. The predicted molar refractivity (Wildman–Crippen MR) is 52.6 cm³/mol. The molecule has 0 fully saturated rings. The van der Waals surface area contributed by atoms with Gasteiger partial charge in [0.25, 0.3) is 0 Å². The lowest BCUT2D eigenvalue weighted by Gasteiger charge is -1.98. The summed E-state index contributed by atoms with van der Waals surface area (Å²) < 4.78 is 0. The van der Waals surface area contributed by atoms with Gasteiger partial charge in [-0.15, -0.1) is 23.4 Å². The Labute approximate surface area is 77.0 Å². The predicted octanol–water partition coefficient (Wildman–Crippen LogP) is 3.19. The van der Waals surface area contributed by atoms with Crippen LogP contribution in [0, 0.1) is 0 Å². The lowest BCUT2D eigenvalue weighted by atomic mass is 10.2. The molecule has 2 heteroatoms. The maximum Gasteiger partial charge on any atom is 0.0263 e. The number of hydrogen-bond acceptors (Lipinski definition) is 1. The second-order valence-corrected chi connectivity index (χ2v) is 3.54. The van der Waals surface area contributed by atoms with Crippen molar-refractivity contribution in [1.29, 1.82) is 0 Å². The fraction of sp³-hybridized carbons (Fsp3) is 0.333. The van der Waals surface area contributed by atoms with Gasteiger partial charge >= 0.3 is 0 Å². The van der Waals surface area contributed by atoms with Gasteiger partial charge in [0, 0.05) is 10.8 Å². The van der Waals surface area contributed by atoms with E-state index in [0.717, 1.165) is 6.42 Å². The number of alkyl halides is 1. The van der Waals surface area contributed by atoms with Crippen LogP contribution in [0.1, 0.15) is 5.56 Å². The standard InChI is InChI=1S/C9H11ClS/c1-11-9-4-2-8(3-5-9)6-7-10/h2-5H,6-7H2,1H3. The Kier molecular flexibility index (Phi) is 3.81. The number of benzene rings is 1. The van der Waals surface area contributed by atoms with Crippen LogP contribution in [0.4, 0.5) is 0 Å². The van der Waals surface area contributed by atoms with E-state index in [9.17, 15) is 0 Å². The van der Waals surface area contributed by atoms with Crippen molar-refractivity contribution in [2.75, 3.05) is 12.1 Å². The second kappa shape index (κ2) is 4.68. The maximum absolute atomic E-state index is 5.60. The summed E-state index contributed by atoms with van der Waals surface area (Å²) in [4.78, 5) is 1.31. The molecule has 1 aromatic rings. The Morgan fingerprint density at radius 2 is 1.91 bits per heavy atom. The SMILES string of the molecule is CSc1ccc(CCCl)cc1. The summed E-state index contributed by atoms with van der Waals surface area (Å²) >= 11 is 7.37. The van der Waals surface area contributed by atoms with Crippen molar-refractivity contribution in [1.82, 2.24) is 0 Å². The highest BCUT2D eigenvalue weighted by Crippen LogP contribution is 2.15. The summed E-state index contributed by atoms with van der Waals surface area (Å²) in [6.07, 6.45) is 3.05. The molecule has 0 aromatic heterocycles. The van der Waals surface area contributed by atoms with Crippen LogP contribution in [0.2, 0.25) is 0 Å². The molecule has 60 valence electrons. The van der Waals surface area contributed by atoms with Crippen LogP contribution in [0.5, 0.6) is 0 Å². The third kappa shape index (κ3) is 2.76. The number of thioether (sulfide) groups is 1. The summed E-state index contributed by atoms with van der Waals surface area (Å²) in [6, 6.07) is 8.53. The molecular formula is C9H11ClS. The van der Waals surface area contributed by atoms with Crippen molar-refractivity contribution in [3.8, 4) is 0 Å². The van der Waals surface area contributed by atoms with Crippen LogP contribution in [-0.2, 0) is 6.42 Å². The van der Waals surface area contributed by atoms with Crippen LogP contribution in [0.3, 0.4) is 0 Å². The number of rotatable bonds is 3. The van der Waals surface area contributed by atoms with Crippen LogP contribution in [0.15, 0.2) is 29.2 Å². The topological polar surface area (TPSA) is 0 Å². The molecular weight excluding hydrogens is 176 g/mol. The zero-order valence-corrected chi connectivity index (χ0v) is 8.08. The van der Waals surface area contributed by atoms with Gasteiger partial charge in [-0.1, -0.05) is 12.1 Å². The Balaban J connectivity index is 2.66. The van der Waals surface area contributed by atoms with Crippen molar-refractivity contribution >= 4 is 23.4 Å². The Morgan fingerprint density at radius 1 is 1.27 bits per heavy atom. The van der Waals surface area contributed by atoms with Crippen LogP contribution in [-0.4, -0.2) is 12.1 Å². The molecule has 11 heavy (non-hydrogen) atoms. The van der Waals surface area contributed by atoms with E-state index >= 15 is 0 Å². The average Bonchev–Trinajstić information content (AvgIpc) is 2.07. The maximum atomic E-state index is 5.60. The molecule has 0 aliphatic heterocycles. The number of hydrogen-bond donors (Lipinski definition) is 0. The minimum atomic E-state index is 0.707. The van der Waals surface area contributed by atoms with Gasteiger partial charge in [0.1, 0.15) is 0 Å². The smallest absolute Gasteiger partial charge is 0.0263 e. The van der Waals surface area contributed by atoms with Gasteiger partial charge in [0.15, 0.2) is 0 Å². The molecule has 0 unspecified atom stereocenters. The molecule has 0 N–H and O–H groups in total. The summed E-state index contributed by atoms with van der Waals surface area (Å²) in [6.45, 7) is 0. The summed E-state index contributed by atoms with van der Waals surface area (Å²) in [5.41, 5.74) is 1.32. The van der Waals surface area contributed by atoms with Gasteiger partial charge in [-0.05, 0) is 30.4 Å². The summed E-state index contributed by atoms with van der Waals surface area (Å²) in [5.74, 6) is 0.707. The van der Waals surface area contributed by atoms with E-state index < -0.39 is 0 Å². The molecule has 1 rings (SSSR count). The highest BCUT2D eigenvalue weighted by Gasteiger charge is 1.91. The fourth-order valence-electron chi connectivity index (χ4n) is 0.901. The van der Waals surface area contributed by atoms with E-state index in [1.54, 1.807) is 11.8 Å². The van der Waals surface area contributed by atoms with E-state index in [2.05, 4.69) is 30.5 Å². The zero-order chi connectivity index (χ0) is 8.10. The molecule has 0 heterocycles. The largest absolute Gasteiger partial charge is 0.130 e. The van der Waals surface area contributed by atoms with E-state index in [1.807, 2.05) is 0 Å². The molecule has 0 radical (unpaired) electrons. The fourth-order valence-corrected chi connectivity index (χ4v) is 1.53. The normalized spacial score (nSPS) is 10.0. The van der Waals surface area contributed by atoms with Crippen molar-refractivity contribution in [3.05, 3.63) is 29.8 Å². The minimum absolute atomic E-state index is 0.707.